The number of allylic oxidation sites excluding steroid dienone is 1. The number of hydrogen-bond acceptors (Lipinski definition) is 2. The van der Waals surface area contributed by atoms with Gasteiger partial charge in [0.2, 0.25) is 0 Å². The van der Waals surface area contributed by atoms with Crippen LogP contribution in [0.3, 0.4) is 0 Å². The Bertz CT molecular complexity index is 979. The van der Waals surface area contributed by atoms with E-state index in [2.05, 4.69) is 15.9 Å². The SMILES string of the molecule is O=C1C(=C(c2ccccc2)c2ccccc2)[C@@H](Br)C(=O)c2ccccc21. The van der Waals surface area contributed by atoms with Crippen LogP contribution in [-0.2, 0) is 0 Å². The second kappa shape index (κ2) is 6.85. The summed E-state index contributed by atoms with van der Waals surface area (Å²) in [6.45, 7) is 0. The maximum absolute atomic E-state index is 13.3. The molecule has 1 aliphatic carbocycles. The fraction of sp³-hybridized carbons (Fsp3) is 0.0435. The van der Waals surface area contributed by atoms with Crippen LogP contribution in [-0.4, -0.2) is 16.4 Å². The minimum Gasteiger partial charge on any atom is -0.293 e. The van der Waals surface area contributed by atoms with Gasteiger partial charge in [0.1, 0.15) is 4.83 Å². The van der Waals surface area contributed by atoms with E-state index in [9.17, 15) is 9.59 Å². The van der Waals surface area contributed by atoms with Gasteiger partial charge < -0.3 is 0 Å². The molecular formula is C23H15BrO2. The second-order valence-electron chi connectivity index (χ2n) is 6.12. The van der Waals surface area contributed by atoms with Crippen LogP contribution in [0.15, 0.2) is 90.5 Å². The molecular weight excluding hydrogens is 388 g/mol. The highest BCUT2D eigenvalue weighted by Crippen LogP contribution is 2.37. The van der Waals surface area contributed by atoms with Crippen molar-refractivity contribution in [1.29, 1.82) is 0 Å². The Balaban J connectivity index is 2.04. The zero-order chi connectivity index (χ0) is 18.1. The Morgan fingerprint density at radius 3 is 1.65 bits per heavy atom. The highest BCUT2D eigenvalue weighted by molar-refractivity contribution is 9.10. The van der Waals surface area contributed by atoms with Gasteiger partial charge in [-0.1, -0.05) is 101 Å². The number of Topliss-reactive ketones (excluding diaryl/α,β-unsaturated/α-hetero) is 2. The minimum atomic E-state index is -0.666. The van der Waals surface area contributed by atoms with Crippen LogP contribution in [0.2, 0.25) is 0 Å². The van der Waals surface area contributed by atoms with Crippen molar-refractivity contribution in [3.05, 3.63) is 113 Å². The standard InChI is InChI=1S/C23H15BrO2/c24-21-20(22(25)17-13-7-8-14-18(17)23(21)26)19(15-9-3-1-4-10-15)16-11-5-2-6-12-16/h1-14,21H/t21-/m1/s1. The number of benzene rings is 3. The predicted molar refractivity (Wildman–Crippen MR) is 107 cm³/mol. The zero-order valence-corrected chi connectivity index (χ0v) is 15.4. The Hall–Kier alpha value is -2.78. The largest absolute Gasteiger partial charge is 0.293 e. The summed E-state index contributed by atoms with van der Waals surface area (Å²) in [7, 11) is 0. The molecule has 0 spiro atoms. The van der Waals surface area contributed by atoms with E-state index in [1.165, 1.54) is 0 Å². The molecule has 126 valence electrons. The number of fused-ring (bicyclic) bond motifs is 1. The van der Waals surface area contributed by atoms with Crippen molar-refractivity contribution < 1.29 is 9.59 Å². The lowest BCUT2D eigenvalue weighted by Gasteiger charge is -2.25. The van der Waals surface area contributed by atoms with Gasteiger partial charge in [0, 0.05) is 16.7 Å². The Labute approximate surface area is 160 Å². The monoisotopic (exact) mass is 402 g/mol. The molecule has 3 heteroatoms. The number of halogens is 1. The van der Waals surface area contributed by atoms with E-state index >= 15 is 0 Å². The van der Waals surface area contributed by atoms with E-state index in [0.29, 0.717) is 16.7 Å². The van der Waals surface area contributed by atoms with Gasteiger partial charge in [0.05, 0.1) is 0 Å². The van der Waals surface area contributed by atoms with Gasteiger partial charge in [-0.05, 0) is 16.7 Å². The van der Waals surface area contributed by atoms with Crippen LogP contribution in [0.5, 0.6) is 0 Å². The highest BCUT2D eigenvalue weighted by atomic mass is 79.9. The van der Waals surface area contributed by atoms with Crippen LogP contribution >= 0.6 is 15.9 Å². The van der Waals surface area contributed by atoms with Gasteiger partial charge >= 0.3 is 0 Å². The van der Waals surface area contributed by atoms with E-state index < -0.39 is 4.83 Å². The van der Waals surface area contributed by atoms with E-state index in [-0.39, 0.29) is 11.6 Å². The van der Waals surface area contributed by atoms with Crippen LogP contribution in [0.4, 0.5) is 0 Å². The smallest absolute Gasteiger partial charge is 0.191 e. The van der Waals surface area contributed by atoms with Crippen molar-refractivity contribution in [2.45, 2.75) is 4.83 Å². The first-order chi connectivity index (χ1) is 12.7. The average Bonchev–Trinajstić information content (AvgIpc) is 2.71. The van der Waals surface area contributed by atoms with Gasteiger partial charge in [0.15, 0.2) is 11.6 Å². The molecule has 1 aliphatic rings. The van der Waals surface area contributed by atoms with Gasteiger partial charge in [0.25, 0.3) is 0 Å². The fourth-order valence-corrected chi connectivity index (χ4v) is 4.03. The summed E-state index contributed by atoms with van der Waals surface area (Å²) in [6.07, 6.45) is 0. The number of carbonyl (C=O) groups excluding carboxylic acids is 2. The summed E-state index contributed by atoms with van der Waals surface area (Å²) in [6, 6.07) is 26.5. The quantitative estimate of drug-likeness (QED) is 0.428. The van der Waals surface area contributed by atoms with Gasteiger partial charge in [-0.2, -0.15) is 0 Å². The molecule has 0 aromatic heterocycles. The summed E-state index contributed by atoms with van der Waals surface area (Å²) in [5.41, 5.74) is 4.06. The third-order valence-corrected chi connectivity index (χ3v) is 5.43. The molecule has 0 radical (unpaired) electrons. The minimum absolute atomic E-state index is 0.0837. The highest BCUT2D eigenvalue weighted by Gasteiger charge is 2.37. The van der Waals surface area contributed by atoms with Crippen molar-refractivity contribution in [1.82, 2.24) is 0 Å². The maximum Gasteiger partial charge on any atom is 0.191 e. The summed E-state index contributed by atoms with van der Waals surface area (Å²) in [4.78, 5) is 25.6. The van der Waals surface area contributed by atoms with Crippen LogP contribution in [0.1, 0.15) is 31.8 Å². The number of hydrogen-bond donors (Lipinski definition) is 0. The molecule has 0 unspecified atom stereocenters. The molecule has 3 aromatic rings. The molecule has 0 amide bonds. The number of alkyl halides is 1. The first-order valence-corrected chi connectivity index (χ1v) is 9.27. The number of ketones is 2. The molecule has 0 heterocycles. The summed E-state index contributed by atoms with van der Waals surface area (Å²) >= 11 is 3.50. The molecule has 0 N–H and O–H groups in total. The maximum atomic E-state index is 13.3. The lowest BCUT2D eigenvalue weighted by Crippen LogP contribution is -2.31. The first-order valence-electron chi connectivity index (χ1n) is 8.35. The Morgan fingerprint density at radius 2 is 1.12 bits per heavy atom. The second-order valence-corrected chi connectivity index (χ2v) is 7.04. The van der Waals surface area contributed by atoms with Crippen molar-refractivity contribution in [2.24, 2.45) is 0 Å². The summed E-state index contributed by atoms with van der Waals surface area (Å²) in [5, 5.41) is 0. The Kier molecular flexibility index (Phi) is 4.39. The van der Waals surface area contributed by atoms with E-state index in [0.717, 1.165) is 16.7 Å². The molecule has 3 aromatic carbocycles. The van der Waals surface area contributed by atoms with Crippen LogP contribution in [0, 0.1) is 0 Å². The fourth-order valence-electron chi connectivity index (χ4n) is 3.35. The van der Waals surface area contributed by atoms with E-state index in [4.69, 9.17) is 0 Å². The topological polar surface area (TPSA) is 34.1 Å². The van der Waals surface area contributed by atoms with E-state index in [1.54, 1.807) is 24.3 Å². The third kappa shape index (κ3) is 2.74. The molecule has 0 saturated carbocycles. The van der Waals surface area contributed by atoms with Crippen molar-refractivity contribution >= 4 is 33.1 Å². The van der Waals surface area contributed by atoms with Crippen LogP contribution < -0.4 is 0 Å². The Morgan fingerprint density at radius 1 is 0.654 bits per heavy atom. The molecule has 0 aliphatic heterocycles. The summed E-state index contributed by atoms with van der Waals surface area (Å²) < 4.78 is 0. The lowest BCUT2D eigenvalue weighted by molar-refractivity contribution is 0.0943. The molecule has 0 saturated heterocycles. The molecule has 0 fully saturated rings. The molecule has 0 bridgehead atoms. The molecule has 1 atom stereocenters. The first kappa shape index (κ1) is 16.7. The van der Waals surface area contributed by atoms with Crippen molar-refractivity contribution in [2.75, 3.05) is 0 Å². The molecule has 2 nitrogen and oxygen atoms in total. The van der Waals surface area contributed by atoms with E-state index in [1.807, 2.05) is 60.7 Å². The molecule has 26 heavy (non-hydrogen) atoms. The van der Waals surface area contributed by atoms with Crippen molar-refractivity contribution in [3.63, 3.8) is 0 Å². The number of rotatable bonds is 2. The predicted octanol–water partition coefficient (Wildman–Crippen LogP) is 5.33. The van der Waals surface area contributed by atoms with Crippen molar-refractivity contribution in [3.8, 4) is 0 Å². The van der Waals surface area contributed by atoms with Gasteiger partial charge in [-0.15, -0.1) is 0 Å². The normalized spacial score (nSPS) is 16.3. The number of carbonyl (C=O) groups is 2. The van der Waals surface area contributed by atoms with Gasteiger partial charge in [-0.3, -0.25) is 9.59 Å². The third-order valence-electron chi connectivity index (χ3n) is 4.56. The lowest BCUT2D eigenvalue weighted by atomic mass is 9.80. The van der Waals surface area contributed by atoms with Gasteiger partial charge in [-0.25, -0.2) is 0 Å². The average molecular weight is 403 g/mol. The summed E-state index contributed by atoms with van der Waals surface area (Å²) in [5.74, 6) is -0.190. The molecule has 4 rings (SSSR count). The zero-order valence-electron chi connectivity index (χ0n) is 13.9. The van der Waals surface area contributed by atoms with Crippen LogP contribution in [0.25, 0.3) is 5.57 Å².